The molecule has 1 aromatic heterocycles. The van der Waals surface area contributed by atoms with Crippen LogP contribution in [0.25, 0.3) is 11.3 Å². The molecule has 0 N–H and O–H groups in total. The number of esters is 1. The van der Waals surface area contributed by atoms with Crippen LogP contribution in [0.15, 0.2) is 36.4 Å². The summed E-state index contributed by atoms with van der Waals surface area (Å²) in [6, 6.07) is 9.89. The Morgan fingerprint density at radius 1 is 1.16 bits per heavy atom. The molecule has 0 unspecified atom stereocenters. The number of ether oxygens (including phenoxy) is 1. The van der Waals surface area contributed by atoms with Crippen molar-refractivity contribution < 1.29 is 13.9 Å². The monoisotopic (exact) mass is 261 g/mol. The summed E-state index contributed by atoms with van der Waals surface area (Å²) in [7, 11) is 1.36. The Morgan fingerprint density at radius 3 is 2.32 bits per heavy atom. The van der Waals surface area contributed by atoms with Gasteiger partial charge in [0.15, 0.2) is 0 Å². The molecule has 0 bridgehead atoms. The van der Waals surface area contributed by atoms with E-state index in [-0.39, 0.29) is 17.8 Å². The van der Waals surface area contributed by atoms with Crippen molar-refractivity contribution in [1.82, 2.24) is 4.57 Å². The Kier molecular flexibility index (Phi) is 3.69. The van der Waals surface area contributed by atoms with E-state index in [0.717, 1.165) is 11.3 Å². The molecule has 0 spiro atoms. The highest BCUT2D eigenvalue weighted by Crippen LogP contribution is 2.27. The Labute approximate surface area is 111 Å². The summed E-state index contributed by atoms with van der Waals surface area (Å²) in [5, 5.41) is 0. The maximum absolute atomic E-state index is 13.0. The van der Waals surface area contributed by atoms with E-state index in [0.29, 0.717) is 5.69 Å². The smallest absolute Gasteiger partial charge is 0.354 e. The lowest BCUT2D eigenvalue weighted by molar-refractivity contribution is 0.0587. The van der Waals surface area contributed by atoms with Crippen LogP contribution in [0, 0.1) is 5.82 Å². The third-order valence-electron chi connectivity index (χ3n) is 2.97. The second-order valence-corrected chi connectivity index (χ2v) is 4.57. The second-order valence-electron chi connectivity index (χ2n) is 4.57. The van der Waals surface area contributed by atoms with Crippen LogP contribution in [-0.4, -0.2) is 17.6 Å². The molecule has 0 saturated carbocycles. The summed E-state index contributed by atoms with van der Waals surface area (Å²) < 4.78 is 19.6. The summed E-state index contributed by atoms with van der Waals surface area (Å²) in [4.78, 5) is 11.7. The molecule has 19 heavy (non-hydrogen) atoms. The number of hydrogen-bond acceptors (Lipinski definition) is 2. The number of carbonyl (C=O) groups is 1. The average molecular weight is 261 g/mol. The molecule has 0 aliphatic carbocycles. The maximum atomic E-state index is 13.0. The third kappa shape index (κ3) is 2.52. The van der Waals surface area contributed by atoms with E-state index in [2.05, 4.69) is 0 Å². The highest BCUT2D eigenvalue weighted by atomic mass is 19.1. The van der Waals surface area contributed by atoms with Crippen LogP contribution < -0.4 is 0 Å². The predicted octanol–water partition coefficient (Wildman–Crippen LogP) is 3.66. The van der Waals surface area contributed by atoms with Crippen molar-refractivity contribution in [3.63, 3.8) is 0 Å². The molecule has 100 valence electrons. The second kappa shape index (κ2) is 5.26. The van der Waals surface area contributed by atoms with Crippen molar-refractivity contribution in [2.45, 2.75) is 19.9 Å². The minimum Gasteiger partial charge on any atom is -0.464 e. The topological polar surface area (TPSA) is 31.2 Å². The molecular formula is C15H16FNO2. The van der Waals surface area contributed by atoms with Gasteiger partial charge in [0.1, 0.15) is 11.5 Å². The van der Waals surface area contributed by atoms with Gasteiger partial charge in [0, 0.05) is 11.7 Å². The molecule has 0 aliphatic rings. The Morgan fingerprint density at radius 2 is 1.79 bits per heavy atom. The highest BCUT2D eigenvalue weighted by molar-refractivity contribution is 5.89. The van der Waals surface area contributed by atoms with Crippen LogP contribution in [0.4, 0.5) is 4.39 Å². The minimum atomic E-state index is -0.373. The molecule has 3 nitrogen and oxygen atoms in total. The number of nitrogens with zero attached hydrogens (tertiary/aromatic N) is 1. The fourth-order valence-electron chi connectivity index (χ4n) is 2.13. The van der Waals surface area contributed by atoms with Crippen LogP contribution in [-0.2, 0) is 4.74 Å². The fraction of sp³-hybridized carbons (Fsp3) is 0.267. The summed E-state index contributed by atoms with van der Waals surface area (Å²) >= 11 is 0. The highest BCUT2D eigenvalue weighted by Gasteiger charge is 2.18. The van der Waals surface area contributed by atoms with Crippen LogP contribution in [0.3, 0.4) is 0 Å². The number of rotatable bonds is 3. The van der Waals surface area contributed by atoms with Crippen molar-refractivity contribution >= 4 is 5.97 Å². The van der Waals surface area contributed by atoms with Crippen molar-refractivity contribution in [2.75, 3.05) is 7.11 Å². The predicted molar refractivity (Wildman–Crippen MR) is 71.6 cm³/mol. The van der Waals surface area contributed by atoms with Crippen LogP contribution in [0.5, 0.6) is 0 Å². The number of benzene rings is 1. The van der Waals surface area contributed by atoms with Gasteiger partial charge < -0.3 is 9.30 Å². The first kappa shape index (κ1) is 13.3. The molecule has 0 aliphatic heterocycles. The Bertz CT molecular complexity index is 585. The molecule has 0 atom stereocenters. The first-order chi connectivity index (χ1) is 9.04. The van der Waals surface area contributed by atoms with Crippen LogP contribution >= 0.6 is 0 Å². The van der Waals surface area contributed by atoms with Crippen molar-refractivity contribution in [1.29, 1.82) is 0 Å². The van der Waals surface area contributed by atoms with Gasteiger partial charge in [0.25, 0.3) is 0 Å². The third-order valence-corrected chi connectivity index (χ3v) is 2.97. The maximum Gasteiger partial charge on any atom is 0.354 e. The summed E-state index contributed by atoms with van der Waals surface area (Å²) in [5.74, 6) is -0.651. The molecular weight excluding hydrogens is 245 g/mol. The minimum absolute atomic E-state index is 0.101. The van der Waals surface area contributed by atoms with E-state index < -0.39 is 0 Å². The molecule has 4 heteroatoms. The van der Waals surface area contributed by atoms with E-state index in [4.69, 9.17) is 4.74 Å². The first-order valence-corrected chi connectivity index (χ1v) is 6.10. The van der Waals surface area contributed by atoms with E-state index in [9.17, 15) is 9.18 Å². The molecule has 1 aromatic carbocycles. The summed E-state index contributed by atoms with van der Waals surface area (Å²) in [6.45, 7) is 3.97. The van der Waals surface area contributed by atoms with Gasteiger partial charge in [-0.25, -0.2) is 9.18 Å². The van der Waals surface area contributed by atoms with Crippen molar-refractivity contribution in [2.24, 2.45) is 0 Å². The van der Waals surface area contributed by atoms with Gasteiger partial charge in [-0.1, -0.05) is 0 Å². The van der Waals surface area contributed by atoms with Gasteiger partial charge in [0.05, 0.1) is 7.11 Å². The lowest BCUT2D eigenvalue weighted by Crippen LogP contribution is -2.13. The molecule has 0 amide bonds. The zero-order valence-corrected chi connectivity index (χ0v) is 11.2. The quantitative estimate of drug-likeness (QED) is 0.789. The lowest BCUT2D eigenvalue weighted by Gasteiger charge is -2.16. The average Bonchev–Trinajstić information content (AvgIpc) is 2.83. The molecule has 2 rings (SSSR count). The van der Waals surface area contributed by atoms with E-state index in [1.807, 2.05) is 24.5 Å². The number of aromatic nitrogens is 1. The number of hydrogen-bond donors (Lipinski definition) is 0. The first-order valence-electron chi connectivity index (χ1n) is 6.10. The van der Waals surface area contributed by atoms with Crippen molar-refractivity contribution in [3.05, 3.63) is 47.9 Å². The van der Waals surface area contributed by atoms with E-state index in [1.165, 1.54) is 19.2 Å². The largest absolute Gasteiger partial charge is 0.464 e. The normalized spacial score (nSPS) is 10.8. The summed E-state index contributed by atoms with van der Waals surface area (Å²) in [5.41, 5.74) is 2.23. The SMILES string of the molecule is COC(=O)c1ccc(-c2ccc(F)cc2)n1C(C)C. The molecule has 0 fully saturated rings. The van der Waals surface area contributed by atoms with Gasteiger partial charge in [0.2, 0.25) is 0 Å². The van der Waals surface area contributed by atoms with Gasteiger partial charge in [-0.15, -0.1) is 0 Å². The zero-order valence-electron chi connectivity index (χ0n) is 11.2. The Hall–Kier alpha value is -2.10. The number of halogens is 1. The van der Waals surface area contributed by atoms with E-state index >= 15 is 0 Å². The molecule has 0 saturated heterocycles. The lowest BCUT2D eigenvalue weighted by atomic mass is 10.1. The van der Waals surface area contributed by atoms with Crippen LogP contribution in [0.2, 0.25) is 0 Å². The van der Waals surface area contributed by atoms with E-state index in [1.54, 1.807) is 18.2 Å². The molecule has 1 heterocycles. The van der Waals surface area contributed by atoms with Gasteiger partial charge >= 0.3 is 5.97 Å². The Balaban J connectivity index is 2.55. The van der Waals surface area contributed by atoms with Gasteiger partial charge in [-0.3, -0.25) is 0 Å². The fourth-order valence-corrected chi connectivity index (χ4v) is 2.13. The standard InChI is InChI=1S/C15H16FNO2/c1-10(2)17-13(8-9-14(17)15(18)19-3)11-4-6-12(16)7-5-11/h4-10H,1-3H3. The van der Waals surface area contributed by atoms with Gasteiger partial charge in [-0.05, 0) is 55.8 Å². The zero-order chi connectivity index (χ0) is 14.0. The molecule has 0 radical (unpaired) electrons. The number of carbonyl (C=O) groups excluding carboxylic acids is 1. The van der Waals surface area contributed by atoms with Gasteiger partial charge in [-0.2, -0.15) is 0 Å². The van der Waals surface area contributed by atoms with Crippen LogP contribution in [0.1, 0.15) is 30.4 Å². The summed E-state index contributed by atoms with van der Waals surface area (Å²) in [6.07, 6.45) is 0. The van der Waals surface area contributed by atoms with Crippen molar-refractivity contribution in [3.8, 4) is 11.3 Å². The number of methoxy groups -OCH3 is 1. The molecule has 2 aromatic rings.